The first-order valence-corrected chi connectivity index (χ1v) is 6.10. The summed E-state index contributed by atoms with van der Waals surface area (Å²) in [6, 6.07) is 3.62. The number of nitrogens with zero attached hydrogens (tertiary/aromatic N) is 3. The molecule has 1 aromatic rings. The van der Waals surface area contributed by atoms with Gasteiger partial charge in [0.2, 0.25) is 0 Å². The monoisotopic (exact) mass is 285 g/mol. The third-order valence-electron chi connectivity index (χ3n) is 3.16. The number of nitrogens with two attached hydrogens (primary N) is 1. The van der Waals surface area contributed by atoms with Gasteiger partial charge >= 0.3 is 0 Å². The zero-order chi connectivity index (χ0) is 13.0. The number of hydrogen-bond acceptors (Lipinski definition) is 5. The van der Waals surface area contributed by atoms with Gasteiger partial charge in [0.25, 0.3) is 0 Å². The van der Waals surface area contributed by atoms with Crippen LogP contribution >= 0.6 is 12.4 Å². The average molecular weight is 286 g/mol. The Morgan fingerprint density at radius 2 is 2.05 bits per heavy atom. The molecule has 2 rings (SSSR count). The van der Waals surface area contributed by atoms with Crippen LogP contribution in [-0.2, 0) is 0 Å². The highest BCUT2D eigenvalue weighted by Crippen LogP contribution is 2.18. The van der Waals surface area contributed by atoms with Crippen molar-refractivity contribution in [2.24, 2.45) is 5.73 Å². The molecule has 0 amide bonds. The van der Waals surface area contributed by atoms with Crippen LogP contribution in [0.5, 0.6) is 0 Å². The largest absolute Gasteiger partial charge is 0.395 e. The Morgan fingerprint density at radius 1 is 1.37 bits per heavy atom. The number of aliphatic hydroxyl groups excluding tert-OH is 1. The second-order valence-electron chi connectivity index (χ2n) is 4.34. The van der Waals surface area contributed by atoms with E-state index in [2.05, 4.69) is 14.8 Å². The molecule has 1 aromatic heterocycles. The number of aliphatic hydroxyl groups is 1. The van der Waals surface area contributed by atoms with E-state index in [4.69, 9.17) is 16.2 Å². The molecular weight excluding hydrogens is 266 g/mol. The number of nitrogen functional groups attached to an aromatic ring is 1. The van der Waals surface area contributed by atoms with Crippen molar-refractivity contribution >= 4 is 24.1 Å². The summed E-state index contributed by atoms with van der Waals surface area (Å²) in [6.07, 6.45) is 1.72. The lowest BCUT2D eigenvalue weighted by atomic mass is 10.2. The topological polar surface area (TPSA) is 89.5 Å². The van der Waals surface area contributed by atoms with Crippen molar-refractivity contribution in [1.82, 2.24) is 9.88 Å². The molecule has 0 bridgehead atoms. The van der Waals surface area contributed by atoms with Gasteiger partial charge in [-0.3, -0.25) is 10.3 Å². The van der Waals surface area contributed by atoms with Crippen LogP contribution in [0.25, 0.3) is 0 Å². The maximum Gasteiger partial charge on any atom is 0.139 e. The average Bonchev–Trinajstić information content (AvgIpc) is 2.40. The maximum atomic E-state index is 8.91. The smallest absolute Gasteiger partial charge is 0.139 e. The second-order valence-corrected chi connectivity index (χ2v) is 4.34. The maximum absolute atomic E-state index is 8.91. The Labute approximate surface area is 119 Å². The number of piperazine rings is 1. The Bertz CT molecular complexity index is 420. The molecule has 19 heavy (non-hydrogen) atoms. The van der Waals surface area contributed by atoms with Gasteiger partial charge in [-0.25, -0.2) is 4.98 Å². The standard InChI is InChI=1S/C12H19N5O.ClH/c13-11(14)10-2-1-3-15-12(10)17-6-4-16(5-7-17)8-9-18;/h1-3,18H,4-9H2,(H3,13,14);1H. The first-order chi connectivity index (χ1) is 8.72. The predicted octanol–water partition coefficient (Wildman–Crippen LogP) is -0.0982. The van der Waals surface area contributed by atoms with E-state index in [1.54, 1.807) is 12.3 Å². The summed E-state index contributed by atoms with van der Waals surface area (Å²) >= 11 is 0. The number of nitrogens with one attached hydrogen (secondary N) is 1. The van der Waals surface area contributed by atoms with Crippen LogP contribution in [0.4, 0.5) is 5.82 Å². The van der Waals surface area contributed by atoms with Crippen molar-refractivity contribution < 1.29 is 5.11 Å². The molecule has 0 spiro atoms. The lowest BCUT2D eigenvalue weighted by molar-refractivity contribution is 0.188. The normalized spacial score (nSPS) is 15.9. The molecule has 106 valence electrons. The van der Waals surface area contributed by atoms with E-state index in [1.165, 1.54) is 0 Å². The van der Waals surface area contributed by atoms with Gasteiger partial charge in [0.05, 0.1) is 12.2 Å². The van der Waals surface area contributed by atoms with E-state index in [1.807, 2.05) is 6.07 Å². The fraction of sp³-hybridized carbons (Fsp3) is 0.500. The molecule has 1 saturated heterocycles. The third-order valence-corrected chi connectivity index (χ3v) is 3.16. The molecule has 0 aliphatic carbocycles. The van der Waals surface area contributed by atoms with Gasteiger partial charge in [0.1, 0.15) is 11.7 Å². The number of anilines is 1. The molecule has 0 unspecified atom stereocenters. The van der Waals surface area contributed by atoms with Crippen LogP contribution in [0.3, 0.4) is 0 Å². The summed E-state index contributed by atoms with van der Waals surface area (Å²) < 4.78 is 0. The van der Waals surface area contributed by atoms with Crippen LogP contribution in [0.15, 0.2) is 18.3 Å². The molecule has 1 aliphatic heterocycles. The van der Waals surface area contributed by atoms with Crippen molar-refractivity contribution in [3.05, 3.63) is 23.9 Å². The molecule has 7 heteroatoms. The molecule has 4 N–H and O–H groups in total. The van der Waals surface area contributed by atoms with Gasteiger partial charge in [-0.1, -0.05) is 0 Å². The SMILES string of the molecule is Cl.N=C(N)c1cccnc1N1CCN(CCO)CC1. The first-order valence-electron chi connectivity index (χ1n) is 6.10. The number of β-amino-alcohol motifs (C(OH)–C–C–N with tert-alkyl or cyclic N) is 1. The van der Waals surface area contributed by atoms with E-state index in [0.29, 0.717) is 5.56 Å². The minimum atomic E-state index is 0. The highest BCUT2D eigenvalue weighted by Gasteiger charge is 2.20. The van der Waals surface area contributed by atoms with E-state index in [-0.39, 0.29) is 24.8 Å². The van der Waals surface area contributed by atoms with Crippen molar-refractivity contribution in [3.8, 4) is 0 Å². The van der Waals surface area contributed by atoms with Crippen LogP contribution < -0.4 is 10.6 Å². The van der Waals surface area contributed by atoms with Crippen molar-refractivity contribution in [2.45, 2.75) is 0 Å². The summed E-state index contributed by atoms with van der Waals surface area (Å²) in [5.74, 6) is 0.838. The molecule has 0 saturated carbocycles. The molecule has 0 aromatic carbocycles. The van der Waals surface area contributed by atoms with Crippen LogP contribution in [0.2, 0.25) is 0 Å². The van der Waals surface area contributed by atoms with E-state index < -0.39 is 0 Å². The van der Waals surface area contributed by atoms with Crippen LogP contribution in [0.1, 0.15) is 5.56 Å². The predicted molar refractivity (Wildman–Crippen MR) is 78.2 cm³/mol. The lowest BCUT2D eigenvalue weighted by Gasteiger charge is -2.35. The number of aromatic nitrogens is 1. The number of hydrogen-bond donors (Lipinski definition) is 3. The number of halogens is 1. The highest BCUT2D eigenvalue weighted by molar-refractivity contribution is 5.99. The highest BCUT2D eigenvalue weighted by atomic mass is 35.5. The molecule has 0 atom stereocenters. The van der Waals surface area contributed by atoms with Gasteiger partial charge in [-0.05, 0) is 12.1 Å². The Morgan fingerprint density at radius 3 is 2.63 bits per heavy atom. The van der Waals surface area contributed by atoms with Gasteiger partial charge in [0.15, 0.2) is 0 Å². The number of rotatable bonds is 4. The second kappa shape index (κ2) is 7.28. The van der Waals surface area contributed by atoms with Gasteiger partial charge in [0, 0.05) is 38.9 Å². The Hall–Kier alpha value is -1.37. The third kappa shape index (κ3) is 3.79. The fourth-order valence-corrected chi connectivity index (χ4v) is 2.18. The van der Waals surface area contributed by atoms with E-state index >= 15 is 0 Å². The number of pyridine rings is 1. The molecular formula is C12H20ClN5O. The Kier molecular flexibility index (Phi) is 6.01. The van der Waals surface area contributed by atoms with E-state index in [0.717, 1.165) is 38.5 Å². The molecule has 1 aliphatic rings. The summed E-state index contributed by atoms with van der Waals surface area (Å²) in [4.78, 5) is 8.69. The van der Waals surface area contributed by atoms with Gasteiger partial charge in [-0.2, -0.15) is 0 Å². The quantitative estimate of drug-likeness (QED) is 0.531. The molecule has 6 nitrogen and oxygen atoms in total. The summed E-state index contributed by atoms with van der Waals surface area (Å²) in [5, 5.41) is 16.5. The van der Waals surface area contributed by atoms with E-state index in [9.17, 15) is 0 Å². The Balaban J connectivity index is 0.00000180. The van der Waals surface area contributed by atoms with Crippen molar-refractivity contribution in [3.63, 3.8) is 0 Å². The van der Waals surface area contributed by atoms with Crippen LogP contribution in [0, 0.1) is 5.41 Å². The van der Waals surface area contributed by atoms with Crippen molar-refractivity contribution in [1.29, 1.82) is 5.41 Å². The van der Waals surface area contributed by atoms with Gasteiger partial charge < -0.3 is 15.7 Å². The zero-order valence-electron chi connectivity index (χ0n) is 10.7. The minimum absolute atomic E-state index is 0. The lowest BCUT2D eigenvalue weighted by Crippen LogP contribution is -2.48. The van der Waals surface area contributed by atoms with Crippen molar-refractivity contribution in [2.75, 3.05) is 44.2 Å². The zero-order valence-corrected chi connectivity index (χ0v) is 11.6. The summed E-state index contributed by atoms with van der Waals surface area (Å²) in [6.45, 7) is 4.40. The molecule has 2 heterocycles. The summed E-state index contributed by atoms with van der Waals surface area (Å²) in [5.41, 5.74) is 6.26. The first kappa shape index (κ1) is 15.7. The number of amidine groups is 1. The van der Waals surface area contributed by atoms with Crippen LogP contribution in [-0.4, -0.2) is 60.2 Å². The van der Waals surface area contributed by atoms with Gasteiger partial charge in [-0.15, -0.1) is 12.4 Å². The fourth-order valence-electron chi connectivity index (χ4n) is 2.18. The summed E-state index contributed by atoms with van der Waals surface area (Å²) in [7, 11) is 0. The molecule has 0 radical (unpaired) electrons. The molecule has 1 fully saturated rings. The minimum Gasteiger partial charge on any atom is -0.395 e.